The van der Waals surface area contributed by atoms with E-state index in [-0.39, 0.29) is 24.0 Å². The van der Waals surface area contributed by atoms with Crippen molar-refractivity contribution in [1.82, 2.24) is 0 Å². The van der Waals surface area contributed by atoms with Crippen molar-refractivity contribution in [3.63, 3.8) is 0 Å². The molecule has 8 heteroatoms. The Hall–Kier alpha value is -3.68. The molecular weight excluding hydrogens is 416 g/mol. The molecule has 2 aromatic carbocycles. The molecule has 0 aliphatic heterocycles. The van der Waals surface area contributed by atoms with Crippen LogP contribution in [0.5, 0.6) is 0 Å². The van der Waals surface area contributed by atoms with E-state index in [2.05, 4.69) is 0 Å². The first-order valence-electron chi connectivity index (χ1n) is 10.1. The van der Waals surface area contributed by atoms with E-state index in [1.807, 2.05) is 0 Å². The molecular formula is C24H26O8. The van der Waals surface area contributed by atoms with Crippen LogP contribution in [0.2, 0.25) is 0 Å². The van der Waals surface area contributed by atoms with Crippen molar-refractivity contribution in [3.8, 4) is 11.1 Å². The minimum atomic E-state index is -1.14. The van der Waals surface area contributed by atoms with Crippen molar-refractivity contribution < 1.29 is 38.9 Å². The van der Waals surface area contributed by atoms with Gasteiger partial charge in [0.05, 0.1) is 11.1 Å². The van der Waals surface area contributed by atoms with Crippen LogP contribution in [-0.2, 0) is 31.9 Å². The van der Waals surface area contributed by atoms with E-state index in [9.17, 15) is 24.3 Å². The van der Waals surface area contributed by atoms with E-state index in [4.69, 9.17) is 14.6 Å². The number of rotatable bonds is 9. The molecule has 0 fully saturated rings. The molecule has 0 saturated carbocycles. The summed E-state index contributed by atoms with van der Waals surface area (Å²) in [6.45, 7) is 5.93. The highest BCUT2D eigenvalue weighted by atomic mass is 16.5. The summed E-state index contributed by atoms with van der Waals surface area (Å²) in [5.74, 6) is -3.14. The van der Waals surface area contributed by atoms with Gasteiger partial charge >= 0.3 is 23.9 Å². The van der Waals surface area contributed by atoms with E-state index < -0.39 is 36.1 Å². The van der Waals surface area contributed by atoms with Gasteiger partial charge in [0.2, 0.25) is 0 Å². The van der Waals surface area contributed by atoms with Crippen molar-refractivity contribution in [2.24, 2.45) is 0 Å². The number of esters is 2. The second-order valence-electron chi connectivity index (χ2n) is 7.55. The molecule has 2 atom stereocenters. The third-order valence-electron chi connectivity index (χ3n) is 4.82. The molecule has 0 aliphatic rings. The summed E-state index contributed by atoms with van der Waals surface area (Å²) in [6.07, 6.45) is -0.766. The normalized spacial score (nSPS) is 12.5. The zero-order valence-corrected chi connectivity index (χ0v) is 18.4. The van der Waals surface area contributed by atoms with Crippen LogP contribution < -0.4 is 0 Å². The van der Waals surface area contributed by atoms with E-state index in [1.165, 1.54) is 32.0 Å². The number of aromatic carboxylic acids is 2. The molecule has 2 rings (SSSR count). The molecule has 2 N–H and O–H groups in total. The Kier molecular flexibility index (Phi) is 8.12. The average Bonchev–Trinajstić information content (AvgIpc) is 2.67. The highest BCUT2D eigenvalue weighted by Crippen LogP contribution is 2.32. The molecule has 170 valence electrons. The first-order chi connectivity index (χ1) is 15.0. The molecule has 2 aromatic rings. The van der Waals surface area contributed by atoms with E-state index in [1.54, 1.807) is 32.0 Å². The predicted molar refractivity (Wildman–Crippen MR) is 116 cm³/mol. The van der Waals surface area contributed by atoms with E-state index >= 15 is 0 Å². The monoisotopic (exact) mass is 442 g/mol. The summed E-state index contributed by atoms with van der Waals surface area (Å²) in [7, 11) is 0. The summed E-state index contributed by atoms with van der Waals surface area (Å²) < 4.78 is 10.5. The van der Waals surface area contributed by atoms with Crippen molar-refractivity contribution >= 4 is 23.9 Å². The minimum absolute atomic E-state index is 0.0555. The molecule has 0 aliphatic carbocycles. The summed E-state index contributed by atoms with van der Waals surface area (Å²) >= 11 is 0. The van der Waals surface area contributed by atoms with Gasteiger partial charge in [-0.25, -0.2) is 9.59 Å². The number of hydrogen-bond donors (Lipinski definition) is 2. The fourth-order valence-electron chi connectivity index (χ4n) is 3.65. The van der Waals surface area contributed by atoms with Gasteiger partial charge in [-0.15, -0.1) is 0 Å². The van der Waals surface area contributed by atoms with Crippen LogP contribution in [0, 0.1) is 0 Å². The lowest BCUT2D eigenvalue weighted by Gasteiger charge is -2.22. The van der Waals surface area contributed by atoms with Gasteiger partial charge in [-0.1, -0.05) is 18.2 Å². The lowest BCUT2D eigenvalue weighted by Crippen LogP contribution is -2.21. The van der Waals surface area contributed by atoms with Crippen LogP contribution in [0.1, 0.15) is 59.5 Å². The van der Waals surface area contributed by atoms with Gasteiger partial charge in [0, 0.05) is 26.7 Å². The first-order valence-corrected chi connectivity index (χ1v) is 10.1. The quantitative estimate of drug-likeness (QED) is 0.562. The SMILES string of the molecule is CC(=O)OC(C)Cc1c(C(=O)O)ccc(-c2ccc(C(=O)O)cc2)c1CC(C)OC(C)=O. The first kappa shape index (κ1) is 24.6. The summed E-state index contributed by atoms with van der Waals surface area (Å²) in [4.78, 5) is 46.0. The van der Waals surface area contributed by atoms with Gasteiger partial charge in [-0.2, -0.15) is 0 Å². The number of carbonyl (C=O) groups is 4. The van der Waals surface area contributed by atoms with Crippen LogP contribution in [0.15, 0.2) is 36.4 Å². The number of carbonyl (C=O) groups excluding carboxylic acids is 2. The molecule has 0 radical (unpaired) electrons. The number of carboxylic acids is 2. The average molecular weight is 442 g/mol. The molecule has 0 heterocycles. The molecule has 32 heavy (non-hydrogen) atoms. The Morgan fingerprint density at radius 2 is 1.25 bits per heavy atom. The molecule has 0 spiro atoms. The zero-order valence-electron chi connectivity index (χ0n) is 18.4. The van der Waals surface area contributed by atoms with Gasteiger partial charge in [0.1, 0.15) is 12.2 Å². The Labute approximate surface area is 185 Å². The molecule has 0 aromatic heterocycles. The van der Waals surface area contributed by atoms with Gasteiger partial charge < -0.3 is 19.7 Å². The third kappa shape index (κ3) is 6.41. The van der Waals surface area contributed by atoms with Gasteiger partial charge in [0.25, 0.3) is 0 Å². The van der Waals surface area contributed by atoms with Crippen LogP contribution >= 0.6 is 0 Å². The van der Waals surface area contributed by atoms with Crippen molar-refractivity contribution in [2.75, 3.05) is 0 Å². The maximum atomic E-state index is 12.0. The zero-order chi connectivity index (χ0) is 24.0. The summed E-state index contributed by atoms with van der Waals surface area (Å²) in [5, 5.41) is 18.9. The second-order valence-corrected chi connectivity index (χ2v) is 7.55. The molecule has 0 bridgehead atoms. The Balaban J connectivity index is 2.66. The summed E-state index contributed by atoms with van der Waals surface area (Å²) in [5.41, 5.74) is 2.62. The molecule has 2 unspecified atom stereocenters. The van der Waals surface area contributed by atoms with Crippen molar-refractivity contribution in [2.45, 2.75) is 52.7 Å². The van der Waals surface area contributed by atoms with Crippen molar-refractivity contribution in [1.29, 1.82) is 0 Å². The molecule has 8 nitrogen and oxygen atoms in total. The summed E-state index contributed by atoms with van der Waals surface area (Å²) in [6, 6.07) is 9.32. The van der Waals surface area contributed by atoms with Gasteiger partial charge in [-0.05, 0) is 54.3 Å². The smallest absolute Gasteiger partial charge is 0.335 e. The van der Waals surface area contributed by atoms with Crippen LogP contribution in [-0.4, -0.2) is 46.3 Å². The number of benzene rings is 2. The van der Waals surface area contributed by atoms with Gasteiger partial charge in [-0.3, -0.25) is 9.59 Å². The lowest BCUT2D eigenvalue weighted by molar-refractivity contribution is -0.146. The Morgan fingerprint density at radius 3 is 1.69 bits per heavy atom. The fraction of sp³-hybridized carbons (Fsp3) is 0.333. The number of carboxylic acid groups (broad SMARTS) is 2. The standard InChI is InChI=1S/C24H26O8/c1-13(31-15(3)25)11-21-19(17-5-7-18(8-6-17)23(27)28)9-10-20(24(29)30)22(21)12-14(2)32-16(4)26/h5-10,13-14H,11-12H2,1-4H3,(H,27,28)(H,29,30). The maximum absolute atomic E-state index is 12.0. The Bertz CT molecular complexity index is 1020. The highest BCUT2D eigenvalue weighted by molar-refractivity contribution is 5.92. The Morgan fingerprint density at radius 1 is 0.750 bits per heavy atom. The molecule has 0 saturated heterocycles. The minimum Gasteiger partial charge on any atom is -0.478 e. The van der Waals surface area contributed by atoms with Crippen molar-refractivity contribution in [3.05, 3.63) is 58.7 Å². The predicted octanol–water partition coefficient (Wildman–Crippen LogP) is 3.74. The van der Waals surface area contributed by atoms with Crippen LogP contribution in [0.3, 0.4) is 0 Å². The number of hydrogen-bond acceptors (Lipinski definition) is 6. The lowest BCUT2D eigenvalue weighted by atomic mass is 9.86. The second kappa shape index (κ2) is 10.6. The third-order valence-corrected chi connectivity index (χ3v) is 4.82. The van der Waals surface area contributed by atoms with E-state index in [0.717, 1.165) is 0 Å². The number of ether oxygens (including phenoxy) is 2. The fourth-order valence-corrected chi connectivity index (χ4v) is 3.65. The highest BCUT2D eigenvalue weighted by Gasteiger charge is 2.23. The van der Waals surface area contributed by atoms with Crippen LogP contribution in [0.25, 0.3) is 11.1 Å². The van der Waals surface area contributed by atoms with Gasteiger partial charge in [0.15, 0.2) is 0 Å². The molecule has 0 amide bonds. The topological polar surface area (TPSA) is 127 Å². The van der Waals surface area contributed by atoms with Crippen LogP contribution in [0.4, 0.5) is 0 Å². The van der Waals surface area contributed by atoms with E-state index in [0.29, 0.717) is 22.3 Å². The maximum Gasteiger partial charge on any atom is 0.335 e. The largest absolute Gasteiger partial charge is 0.478 e.